The standard InChI is InChI=1S/C18H17N3O2S2/c1-11-3-2-4-12-9-13(10-14-17(22)20-18(24)25-14)16(19-15(11)12)21-5-7-23-8-6-21/h2-4,9-10H,5-8H2,1H3,(H,20,22,24). The number of ether oxygens (including phenoxy) is 1. The van der Waals surface area contributed by atoms with E-state index in [9.17, 15) is 4.79 Å². The van der Waals surface area contributed by atoms with Gasteiger partial charge in [0.15, 0.2) is 0 Å². The van der Waals surface area contributed by atoms with Crippen molar-refractivity contribution in [3.05, 3.63) is 40.3 Å². The third-order valence-electron chi connectivity index (χ3n) is 4.30. The van der Waals surface area contributed by atoms with Crippen LogP contribution in [0.5, 0.6) is 0 Å². The fraction of sp³-hybridized carbons (Fsp3) is 0.278. The van der Waals surface area contributed by atoms with Gasteiger partial charge in [-0.25, -0.2) is 4.98 Å². The molecule has 7 heteroatoms. The number of thiocarbonyl (C=S) groups is 1. The van der Waals surface area contributed by atoms with Crippen LogP contribution in [0.25, 0.3) is 17.0 Å². The van der Waals surface area contributed by atoms with Gasteiger partial charge in [0.2, 0.25) is 0 Å². The maximum Gasteiger partial charge on any atom is 0.263 e. The molecule has 1 aromatic carbocycles. The van der Waals surface area contributed by atoms with E-state index in [1.807, 2.05) is 18.2 Å². The van der Waals surface area contributed by atoms with Crippen LogP contribution in [0.2, 0.25) is 0 Å². The Hall–Kier alpha value is -1.96. The number of nitrogens with one attached hydrogen (secondary N) is 1. The first-order valence-corrected chi connectivity index (χ1v) is 9.32. The summed E-state index contributed by atoms with van der Waals surface area (Å²) in [7, 11) is 0. The van der Waals surface area contributed by atoms with Crippen LogP contribution in [0, 0.1) is 6.92 Å². The van der Waals surface area contributed by atoms with Gasteiger partial charge < -0.3 is 15.0 Å². The number of aryl methyl sites for hydroxylation is 1. The van der Waals surface area contributed by atoms with Crippen LogP contribution < -0.4 is 10.2 Å². The van der Waals surface area contributed by atoms with E-state index in [0.717, 1.165) is 40.9 Å². The second kappa shape index (κ2) is 6.74. The highest BCUT2D eigenvalue weighted by atomic mass is 32.2. The number of rotatable bonds is 2. The number of fused-ring (bicyclic) bond motifs is 1. The highest BCUT2D eigenvalue weighted by Gasteiger charge is 2.24. The molecule has 0 spiro atoms. The highest BCUT2D eigenvalue weighted by Crippen LogP contribution is 2.32. The topological polar surface area (TPSA) is 54.5 Å². The lowest BCUT2D eigenvalue weighted by atomic mass is 10.1. The quantitative estimate of drug-likeness (QED) is 0.647. The maximum absolute atomic E-state index is 12.1. The lowest BCUT2D eigenvalue weighted by Gasteiger charge is -2.29. The number of amides is 1. The Bertz CT molecular complexity index is 905. The molecule has 1 aromatic heterocycles. The van der Waals surface area contributed by atoms with Gasteiger partial charge in [-0.1, -0.05) is 42.2 Å². The van der Waals surface area contributed by atoms with Gasteiger partial charge in [-0.05, 0) is 24.6 Å². The summed E-state index contributed by atoms with van der Waals surface area (Å²) < 4.78 is 5.96. The Balaban J connectivity index is 1.87. The number of carbonyl (C=O) groups excluding carboxylic acids is 1. The molecule has 0 radical (unpaired) electrons. The Morgan fingerprint density at radius 2 is 2.16 bits per heavy atom. The number of aromatic nitrogens is 1. The van der Waals surface area contributed by atoms with Crippen LogP contribution in [0.1, 0.15) is 11.1 Å². The number of carbonyl (C=O) groups is 1. The van der Waals surface area contributed by atoms with Crippen molar-refractivity contribution in [2.45, 2.75) is 6.92 Å². The number of para-hydroxylation sites is 1. The number of morpholine rings is 1. The largest absolute Gasteiger partial charge is 0.378 e. The summed E-state index contributed by atoms with van der Waals surface area (Å²) in [6.45, 7) is 5.01. The van der Waals surface area contributed by atoms with Crippen LogP contribution in [0.4, 0.5) is 5.82 Å². The number of thioether (sulfide) groups is 1. The zero-order valence-electron chi connectivity index (χ0n) is 13.7. The Morgan fingerprint density at radius 3 is 2.88 bits per heavy atom. The molecule has 0 bridgehead atoms. The number of hydrogen-bond acceptors (Lipinski definition) is 6. The second-order valence-corrected chi connectivity index (χ2v) is 7.72. The second-order valence-electron chi connectivity index (χ2n) is 6.00. The molecular formula is C18H17N3O2S2. The van der Waals surface area contributed by atoms with Crippen molar-refractivity contribution in [1.29, 1.82) is 0 Å². The SMILES string of the molecule is Cc1cccc2cc(C=C3SC(=S)NC3=O)c(N3CCOCC3)nc12. The molecule has 0 atom stereocenters. The predicted molar refractivity (Wildman–Crippen MR) is 106 cm³/mol. The van der Waals surface area contributed by atoms with E-state index >= 15 is 0 Å². The van der Waals surface area contributed by atoms with Crippen molar-refractivity contribution in [3.8, 4) is 0 Å². The zero-order chi connectivity index (χ0) is 17.4. The van der Waals surface area contributed by atoms with Gasteiger partial charge in [-0.3, -0.25) is 4.79 Å². The Kier molecular flexibility index (Phi) is 4.45. The Morgan fingerprint density at radius 1 is 1.36 bits per heavy atom. The summed E-state index contributed by atoms with van der Waals surface area (Å²) in [5.41, 5.74) is 3.06. The average Bonchev–Trinajstić information content (AvgIpc) is 2.93. The summed E-state index contributed by atoms with van der Waals surface area (Å²) in [5, 5.41) is 3.73. The third kappa shape index (κ3) is 3.27. The van der Waals surface area contributed by atoms with Crippen molar-refractivity contribution >= 4 is 57.0 Å². The lowest BCUT2D eigenvalue weighted by molar-refractivity contribution is -0.115. The smallest absolute Gasteiger partial charge is 0.263 e. The van der Waals surface area contributed by atoms with E-state index in [0.29, 0.717) is 22.4 Å². The number of nitrogens with zero attached hydrogens (tertiary/aromatic N) is 2. The molecule has 0 saturated carbocycles. The van der Waals surface area contributed by atoms with Crippen LogP contribution in [0.3, 0.4) is 0 Å². The van der Waals surface area contributed by atoms with E-state index in [1.165, 1.54) is 11.8 Å². The minimum absolute atomic E-state index is 0.146. The maximum atomic E-state index is 12.1. The fourth-order valence-electron chi connectivity index (χ4n) is 3.05. The summed E-state index contributed by atoms with van der Waals surface area (Å²) in [5.74, 6) is 0.746. The van der Waals surface area contributed by atoms with Crippen molar-refractivity contribution in [2.24, 2.45) is 0 Å². The van der Waals surface area contributed by atoms with Crippen LogP contribution in [-0.4, -0.2) is 41.5 Å². The number of benzene rings is 1. The molecule has 5 nitrogen and oxygen atoms in total. The monoisotopic (exact) mass is 371 g/mol. The van der Waals surface area contributed by atoms with E-state index in [-0.39, 0.29) is 5.91 Å². The molecule has 2 aliphatic rings. The molecule has 1 N–H and O–H groups in total. The lowest BCUT2D eigenvalue weighted by Crippen LogP contribution is -2.37. The number of hydrogen-bond donors (Lipinski definition) is 1. The van der Waals surface area contributed by atoms with Crippen molar-refractivity contribution in [1.82, 2.24) is 10.3 Å². The molecule has 1 amide bonds. The molecule has 128 valence electrons. The minimum atomic E-state index is -0.146. The van der Waals surface area contributed by atoms with E-state index in [4.69, 9.17) is 21.9 Å². The average molecular weight is 371 g/mol. The van der Waals surface area contributed by atoms with Crippen molar-refractivity contribution in [3.63, 3.8) is 0 Å². The first-order valence-electron chi connectivity index (χ1n) is 8.10. The van der Waals surface area contributed by atoms with Gasteiger partial charge >= 0.3 is 0 Å². The number of pyridine rings is 1. The predicted octanol–water partition coefficient (Wildman–Crippen LogP) is 2.87. The first kappa shape index (κ1) is 16.5. The molecule has 2 aliphatic heterocycles. The van der Waals surface area contributed by atoms with E-state index < -0.39 is 0 Å². The van der Waals surface area contributed by atoms with Gasteiger partial charge in [0.25, 0.3) is 5.91 Å². The highest BCUT2D eigenvalue weighted by molar-refractivity contribution is 8.26. The van der Waals surface area contributed by atoms with E-state index in [1.54, 1.807) is 0 Å². The van der Waals surface area contributed by atoms with Gasteiger partial charge in [0.1, 0.15) is 10.1 Å². The van der Waals surface area contributed by atoms with Crippen LogP contribution >= 0.6 is 24.0 Å². The van der Waals surface area contributed by atoms with Crippen LogP contribution in [0.15, 0.2) is 29.2 Å². The van der Waals surface area contributed by atoms with Crippen molar-refractivity contribution < 1.29 is 9.53 Å². The molecule has 0 aliphatic carbocycles. The normalized spacial score (nSPS) is 19.7. The minimum Gasteiger partial charge on any atom is -0.378 e. The first-order chi connectivity index (χ1) is 12.1. The molecule has 2 saturated heterocycles. The van der Waals surface area contributed by atoms with Crippen molar-refractivity contribution in [2.75, 3.05) is 31.2 Å². The van der Waals surface area contributed by atoms with Crippen LogP contribution in [-0.2, 0) is 9.53 Å². The molecule has 4 rings (SSSR count). The number of anilines is 1. The molecular weight excluding hydrogens is 354 g/mol. The molecule has 25 heavy (non-hydrogen) atoms. The summed E-state index contributed by atoms with van der Waals surface area (Å²) >= 11 is 6.38. The zero-order valence-corrected chi connectivity index (χ0v) is 15.4. The summed E-state index contributed by atoms with van der Waals surface area (Å²) in [6, 6.07) is 8.24. The third-order valence-corrected chi connectivity index (χ3v) is 5.46. The molecule has 3 heterocycles. The Labute approximate surface area is 155 Å². The van der Waals surface area contributed by atoms with E-state index in [2.05, 4.69) is 29.3 Å². The van der Waals surface area contributed by atoms with Gasteiger partial charge in [-0.15, -0.1) is 0 Å². The molecule has 2 aromatic rings. The van der Waals surface area contributed by atoms with Gasteiger partial charge in [0, 0.05) is 24.0 Å². The summed E-state index contributed by atoms with van der Waals surface area (Å²) in [4.78, 5) is 19.8. The molecule has 0 unspecified atom stereocenters. The van der Waals surface area contributed by atoms with Gasteiger partial charge in [-0.2, -0.15) is 0 Å². The summed E-state index contributed by atoms with van der Waals surface area (Å²) in [6.07, 6.45) is 1.89. The molecule has 2 fully saturated rings. The fourth-order valence-corrected chi connectivity index (χ4v) is 4.09. The van der Waals surface area contributed by atoms with Gasteiger partial charge in [0.05, 0.1) is 23.6 Å².